The molecule has 2 aromatic rings. The Hall–Kier alpha value is -1.36. The maximum atomic E-state index is 9.97. The number of benzene rings is 1. The summed E-state index contributed by atoms with van der Waals surface area (Å²) < 4.78 is 2.02. The van der Waals surface area contributed by atoms with Crippen LogP contribution in [-0.4, -0.2) is 27.4 Å². The summed E-state index contributed by atoms with van der Waals surface area (Å²) in [5.74, 6) is 0. The smallest absolute Gasteiger partial charge is 0.105 e. The van der Waals surface area contributed by atoms with Crippen molar-refractivity contribution in [1.82, 2.24) is 4.57 Å². The molecule has 0 saturated carbocycles. The van der Waals surface area contributed by atoms with Crippen LogP contribution >= 0.6 is 0 Å². The number of rotatable bonds is 4. The summed E-state index contributed by atoms with van der Waals surface area (Å²) in [6.07, 6.45) is 0.690. The molecule has 2 unspecified atom stereocenters. The minimum absolute atomic E-state index is 0.367. The molecule has 0 bridgehead atoms. The number of aliphatic hydroxyl groups excluding tert-OH is 2. The molecule has 92 valence electrons. The van der Waals surface area contributed by atoms with Crippen LogP contribution < -0.4 is 5.73 Å². The van der Waals surface area contributed by atoms with Crippen LogP contribution in [0.2, 0.25) is 0 Å². The lowest BCUT2D eigenvalue weighted by atomic mass is 10.0. The van der Waals surface area contributed by atoms with E-state index in [1.54, 1.807) is 0 Å². The highest BCUT2D eigenvalue weighted by atomic mass is 16.3. The summed E-state index contributed by atoms with van der Waals surface area (Å²) in [4.78, 5) is 0. The topological polar surface area (TPSA) is 71.4 Å². The predicted molar refractivity (Wildman–Crippen MR) is 67.6 cm³/mol. The van der Waals surface area contributed by atoms with Crippen molar-refractivity contribution >= 4 is 10.9 Å². The van der Waals surface area contributed by atoms with Gasteiger partial charge in [-0.1, -0.05) is 6.07 Å². The molecule has 4 heteroatoms. The average molecular weight is 234 g/mol. The second kappa shape index (κ2) is 4.87. The summed E-state index contributed by atoms with van der Waals surface area (Å²) in [5.41, 5.74) is 7.20. The van der Waals surface area contributed by atoms with Crippen molar-refractivity contribution in [2.45, 2.75) is 18.6 Å². The fraction of sp³-hybridized carbons (Fsp3) is 0.385. The first-order chi connectivity index (χ1) is 8.13. The molecule has 0 radical (unpaired) electrons. The van der Waals surface area contributed by atoms with Crippen LogP contribution in [0.5, 0.6) is 0 Å². The van der Waals surface area contributed by atoms with E-state index in [1.807, 2.05) is 42.1 Å². The normalized spacial score (nSPS) is 15.1. The molecule has 0 spiro atoms. The second-order valence-corrected chi connectivity index (χ2v) is 4.33. The van der Waals surface area contributed by atoms with Crippen LogP contribution in [0.4, 0.5) is 0 Å². The van der Waals surface area contributed by atoms with Gasteiger partial charge in [0.25, 0.3) is 0 Å². The highest BCUT2D eigenvalue weighted by Gasteiger charge is 2.17. The maximum Gasteiger partial charge on any atom is 0.105 e. The van der Waals surface area contributed by atoms with E-state index < -0.39 is 12.2 Å². The Balaban J connectivity index is 2.29. The van der Waals surface area contributed by atoms with Crippen molar-refractivity contribution in [2.24, 2.45) is 12.8 Å². The van der Waals surface area contributed by atoms with Gasteiger partial charge in [-0.05, 0) is 42.1 Å². The van der Waals surface area contributed by atoms with E-state index in [2.05, 4.69) is 0 Å². The summed E-state index contributed by atoms with van der Waals surface area (Å²) >= 11 is 0. The highest BCUT2D eigenvalue weighted by molar-refractivity contribution is 5.80. The van der Waals surface area contributed by atoms with Crippen molar-refractivity contribution in [3.05, 3.63) is 36.0 Å². The summed E-state index contributed by atoms with van der Waals surface area (Å²) in [7, 11) is 1.97. The molecule has 0 saturated heterocycles. The monoisotopic (exact) mass is 234 g/mol. The van der Waals surface area contributed by atoms with Crippen molar-refractivity contribution < 1.29 is 10.2 Å². The fourth-order valence-electron chi connectivity index (χ4n) is 2.03. The van der Waals surface area contributed by atoms with Crippen LogP contribution in [0.1, 0.15) is 18.1 Å². The first-order valence-corrected chi connectivity index (χ1v) is 5.74. The molecule has 4 nitrogen and oxygen atoms in total. The number of aryl methyl sites for hydroxylation is 1. The van der Waals surface area contributed by atoms with E-state index in [9.17, 15) is 10.2 Å². The van der Waals surface area contributed by atoms with Crippen LogP contribution in [0.25, 0.3) is 10.9 Å². The minimum atomic E-state index is -0.872. The lowest BCUT2D eigenvalue weighted by Crippen LogP contribution is -2.21. The van der Waals surface area contributed by atoms with E-state index in [0.717, 1.165) is 16.5 Å². The molecule has 0 amide bonds. The van der Waals surface area contributed by atoms with E-state index in [-0.39, 0.29) is 0 Å². The Kier molecular flexibility index (Phi) is 3.47. The molecule has 1 aromatic carbocycles. The Bertz CT molecular complexity index is 507. The lowest BCUT2D eigenvalue weighted by Gasteiger charge is -2.17. The molecule has 0 fully saturated rings. The first-order valence-electron chi connectivity index (χ1n) is 5.74. The zero-order chi connectivity index (χ0) is 12.4. The van der Waals surface area contributed by atoms with Gasteiger partial charge in [0.1, 0.15) is 6.10 Å². The molecule has 1 aromatic heterocycles. The number of hydrogen-bond donors (Lipinski definition) is 3. The van der Waals surface area contributed by atoms with Gasteiger partial charge >= 0.3 is 0 Å². The van der Waals surface area contributed by atoms with Crippen LogP contribution in [0, 0.1) is 0 Å². The molecule has 2 atom stereocenters. The number of nitrogens with zero attached hydrogens (tertiary/aromatic N) is 1. The van der Waals surface area contributed by atoms with Gasteiger partial charge in [0, 0.05) is 18.8 Å². The van der Waals surface area contributed by atoms with E-state index in [1.165, 1.54) is 0 Å². The van der Waals surface area contributed by atoms with Crippen LogP contribution in [0.3, 0.4) is 0 Å². The minimum Gasteiger partial charge on any atom is -0.390 e. The zero-order valence-electron chi connectivity index (χ0n) is 9.87. The van der Waals surface area contributed by atoms with E-state index in [4.69, 9.17) is 5.73 Å². The van der Waals surface area contributed by atoms with Gasteiger partial charge in [-0.15, -0.1) is 0 Å². The van der Waals surface area contributed by atoms with Gasteiger partial charge in [-0.3, -0.25) is 0 Å². The van der Waals surface area contributed by atoms with Gasteiger partial charge in [0.15, 0.2) is 0 Å². The van der Waals surface area contributed by atoms with Crippen LogP contribution in [0.15, 0.2) is 30.5 Å². The van der Waals surface area contributed by atoms with Gasteiger partial charge in [-0.25, -0.2) is 0 Å². The van der Waals surface area contributed by atoms with Crippen molar-refractivity contribution in [3.63, 3.8) is 0 Å². The second-order valence-electron chi connectivity index (χ2n) is 4.33. The van der Waals surface area contributed by atoms with Crippen molar-refractivity contribution in [1.29, 1.82) is 0 Å². The van der Waals surface area contributed by atoms with Crippen molar-refractivity contribution in [2.75, 3.05) is 6.54 Å². The zero-order valence-corrected chi connectivity index (χ0v) is 9.87. The SMILES string of the molecule is Cn1ccc2cc(C(O)C(O)CCN)ccc21. The Morgan fingerprint density at radius 2 is 2.06 bits per heavy atom. The third-order valence-corrected chi connectivity index (χ3v) is 3.08. The lowest BCUT2D eigenvalue weighted by molar-refractivity contribution is 0.0151. The van der Waals surface area contributed by atoms with Crippen molar-refractivity contribution in [3.8, 4) is 0 Å². The first kappa shape index (κ1) is 12.1. The summed E-state index contributed by atoms with van der Waals surface area (Å²) in [6.45, 7) is 0.367. The number of aromatic nitrogens is 1. The molecule has 2 rings (SSSR count). The largest absolute Gasteiger partial charge is 0.390 e. The number of aliphatic hydroxyl groups is 2. The Morgan fingerprint density at radius 3 is 2.76 bits per heavy atom. The predicted octanol–water partition coefficient (Wildman–Crippen LogP) is 0.921. The standard InChI is InChI=1S/C13H18N2O2/c1-15-7-5-9-8-10(2-3-11(9)15)13(17)12(16)4-6-14/h2-3,5,7-8,12-13,16-17H,4,6,14H2,1H3. The molecule has 0 aliphatic carbocycles. The molecular formula is C13H18N2O2. The molecule has 4 N–H and O–H groups in total. The van der Waals surface area contributed by atoms with Gasteiger partial charge in [0.2, 0.25) is 0 Å². The van der Waals surface area contributed by atoms with Crippen LogP contribution in [-0.2, 0) is 7.05 Å². The number of fused-ring (bicyclic) bond motifs is 1. The molecular weight excluding hydrogens is 216 g/mol. The third-order valence-electron chi connectivity index (χ3n) is 3.08. The Morgan fingerprint density at radius 1 is 1.29 bits per heavy atom. The summed E-state index contributed by atoms with van der Waals surface area (Å²) in [6, 6.07) is 7.68. The fourth-order valence-corrected chi connectivity index (χ4v) is 2.03. The van der Waals surface area contributed by atoms with Gasteiger partial charge in [-0.2, -0.15) is 0 Å². The van der Waals surface area contributed by atoms with Gasteiger partial charge < -0.3 is 20.5 Å². The third kappa shape index (κ3) is 2.34. The summed E-state index contributed by atoms with van der Waals surface area (Å²) in [5, 5.41) is 20.7. The average Bonchev–Trinajstić information content (AvgIpc) is 2.70. The Labute approximate surface area is 100 Å². The molecule has 0 aliphatic rings. The van der Waals surface area contributed by atoms with E-state index >= 15 is 0 Å². The molecule has 1 heterocycles. The highest BCUT2D eigenvalue weighted by Crippen LogP contribution is 2.23. The van der Waals surface area contributed by atoms with Gasteiger partial charge in [0.05, 0.1) is 6.10 Å². The quantitative estimate of drug-likeness (QED) is 0.736. The molecule has 17 heavy (non-hydrogen) atoms. The number of nitrogens with two attached hydrogens (primary N) is 1. The number of hydrogen-bond acceptors (Lipinski definition) is 3. The maximum absolute atomic E-state index is 9.97. The van der Waals surface area contributed by atoms with E-state index in [0.29, 0.717) is 13.0 Å². The molecule has 0 aliphatic heterocycles.